The van der Waals surface area contributed by atoms with Crippen LogP contribution in [0.2, 0.25) is 5.02 Å². The third kappa shape index (κ3) is 3.65. The maximum atomic E-state index is 14.8. The first-order chi connectivity index (χ1) is 16.5. The summed E-state index contributed by atoms with van der Waals surface area (Å²) in [7, 11) is 0. The van der Waals surface area contributed by atoms with Crippen LogP contribution in [0.25, 0.3) is 5.69 Å². The topological polar surface area (TPSA) is 108 Å². The molecule has 0 bridgehead atoms. The van der Waals surface area contributed by atoms with Gasteiger partial charge in [0.15, 0.2) is 17.3 Å². The van der Waals surface area contributed by atoms with E-state index in [1.54, 1.807) is 0 Å². The molecular weight excluding hydrogens is 499 g/mol. The Labute approximate surface area is 198 Å². The summed E-state index contributed by atoms with van der Waals surface area (Å²) in [6, 6.07) is 2.05. The van der Waals surface area contributed by atoms with E-state index >= 15 is 0 Å². The molecule has 5 rings (SSSR count). The summed E-state index contributed by atoms with van der Waals surface area (Å²) in [5.74, 6) is -3.29. The van der Waals surface area contributed by atoms with Gasteiger partial charge in [0.25, 0.3) is 0 Å². The lowest BCUT2D eigenvalue weighted by Gasteiger charge is -2.32. The zero-order chi connectivity index (χ0) is 25.2. The van der Waals surface area contributed by atoms with Gasteiger partial charge in [-0.05, 0) is 19.1 Å². The highest BCUT2D eigenvalue weighted by Gasteiger charge is 2.43. The second kappa shape index (κ2) is 8.05. The van der Waals surface area contributed by atoms with E-state index in [0.29, 0.717) is 0 Å². The van der Waals surface area contributed by atoms with Crippen molar-refractivity contribution in [2.24, 2.45) is 16.6 Å². The van der Waals surface area contributed by atoms with Gasteiger partial charge in [-0.3, -0.25) is 9.79 Å². The molecule has 1 saturated heterocycles. The Morgan fingerprint density at radius 1 is 1.23 bits per heavy atom. The molecule has 2 aliphatic rings. The first-order valence-electron chi connectivity index (χ1n) is 10.2. The number of alkyl halides is 3. The maximum absolute atomic E-state index is 14.8. The van der Waals surface area contributed by atoms with Gasteiger partial charge in [0, 0.05) is 5.56 Å². The molecule has 2 aliphatic heterocycles. The molecular formula is C21H14ClF5N6O2. The van der Waals surface area contributed by atoms with Crippen molar-refractivity contribution >= 4 is 23.2 Å². The molecule has 2 aromatic heterocycles. The molecule has 35 heavy (non-hydrogen) atoms. The Hall–Kier alpha value is -3.45. The van der Waals surface area contributed by atoms with Crippen LogP contribution in [-0.2, 0) is 15.7 Å². The van der Waals surface area contributed by atoms with Crippen molar-refractivity contribution in [1.29, 1.82) is 0 Å². The molecule has 8 nitrogen and oxygen atoms in total. The number of carbonyl (C=O) groups excluding carboxylic acids is 1. The maximum Gasteiger partial charge on any atom is 0.434 e. The molecule has 2 N–H and O–H groups in total. The first kappa shape index (κ1) is 23.3. The number of amides is 1. The lowest BCUT2D eigenvalue weighted by Crippen LogP contribution is -2.42. The van der Waals surface area contributed by atoms with Crippen molar-refractivity contribution in [1.82, 2.24) is 19.7 Å². The zero-order valence-electron chi connectivity index (χ0n) is 17.6. The number of aromatic nitrogens is 4. The molecule has 1 amide bonds. The van der Waals surface area contributed by atoms with Gasteiger partial charge in [0.1, 0.15) is 23.8 Å². The summed E-state index contributed by atoms with van der Waals surface area (Å²) in [6.45, 7) is 1.57. The number of benzene rings is 1. The molecule has 14 heteroatoms. The van der Waals surface area contributed by atoms with Gasteiger partial charge in [-0.2, -0.15) is 13.2 Å². The number of pyridine rings is 1. The van der Waals surface area contributed by atoms with E-state index in [1.165, 1.54) is 6.92 Å². The number of carbonyl (C=O) groups is 1. The number of nitrogens with two attached hydrogens (primary N) is 1. The molecule has 3 atom stereocenters. The smallest absolute Gasteiger partial charge is 0.369 e. The van der Waals surface area contributed by atoms with E-state index in [1.807, 2.05) is 0 Å². The van der Waals surface area contributed by atoms with Gasteiger partial charge < -0.3 is 10.5 Å². The van der Waals surface area contributed by atoms with Gasteiger partial charge in [0.05, 0.1) is 40.7 Å². The van der Waals surface area contributed by atoms with Crippen LogP contribution < -0.4 is 5.73 Å². The van der Waals surface area contributed by atoms with Crippen LogP contribution in [0.3, 0.4) is 0 Å². The Balaban J connectivity index is 1.78. The number of ether oxygens (including phenoxy) is 1. The second-order valence-corrected chi connectivity index (χ2v) is 8.31. The van der Waals surface area contributed by atoms with Crippen LogP contribution >= 0.6 is 11.6 Å². The fourth-order valence-corrected chi connectivity index (χ4v) is 4.32. The average Bonchev–Trinajstić information content (AvgIpc) is 3.10. The lowest BCUT2D eigenvalue weighted by molar-refractivity contribution is -0.156. The number of fused-ring (bicyclic) bond motifs is 3. The Morgan fingerprint density at radius 3 is 2.49 bits per heavy atom. The van der Waals surface area contributed by atoms with Crippen LogP contribution in [0.5, 0.6) is 0 Å². The van der Waals surface area contributed by atoms with Crippen LogP contribution in [0.15, 0.2) is 29.4 Å². The van der Waals surface area contributed by atoms with Gasteiger partial charge in [-0.25, -0.2) is 23.4 Å². The number of halogens is 6. The molecule has 1 aromatic carbocycles. The van der Waals surface area contributed by atoms with Crippen molar-refractivity contribution < 1.29 is 31.5 Å². The lowest BCUT2D eigenvalue weighted by atomic mass is 9.97. The minimum absolute atomic E-state index is 0.0413. The zero-order valence-corrected chi connectivity index (χ0v) is 18.4. The van der Waals surface area contributed by atoms with E-state index < -0.39 is 69.3 Å². The third-order valence-electron chi connectivity index (χ3n) is 5.72. The van der Waals surface area contributed by atoms with Crippen molar-refractivity contribution in [3.8, 4) is 5.69 Å². The van der Waals surface area contributed by atoms with Crippen molar-refractivity contribution in [3.63, 3.8) is 0 Å². The predicted molar refractivity (Wildman–Crippen MR) is 111 cm³/mol. The predicted octanol–water partition coefficient (Wildman–Crippen LogP) is 3.70. The number of primary amides is 1. The van der Waals surface area contributed by atoms with Gasteiger partial charge in [-0.1, -0.05) is 17.7 Å². The molecule has 2 unspecified atom stereocenters. The monoisotopic (exact) mass is 512 g/mol. The number of hydrogen-bond acceptors (Lipinski definition) is 6. The Bertz CT molecular complexity index is 1390. The summed E-state index contributed by atoms with van der Waals surface area (Å²) < 4.78 is 76.9. The number of aliphatic imine (C=N–C) groups is 1. The van der Waals surface area contributed by atoms with E-state index in [9.17, 15) is 26.7 Å². The molecule has 0 aliphatic carbocycles. The molecule has 4 heterocycles. The largest absolute Gasteiger partial charge is 0.434 e. The molecule has 0 saturated carbocycles. The van der Waals surface area contributed by atoms with Gasteiger partial charge >= 0.3 is 6.18 Å². The number of nitrogens with zero attached hydrogens (tertiary/aromatic N) is 5. The van der Waals surface area contributed by atoms with Gasteiger partial charge in [-0.15, -0.1) is 5.10 Å². The molecule has 1 fully saturated rings. The fourth-order valence-electron chi connectivity index (χ4n) is 3.97. The first-order valence-corrected chi connectivity index (χ1v) is 10.5. The van der Waals surface area contributed by atoms with E-state index in [0.717, 1.165) is 29.1 Å². The minimum atomic E-state index is -4.96. The third-order valence-corrected chi connectivity index (χ3v) is 6.09. The van der Waals surface area contributed by atoms with E-state index in [4.69, 9.17) is 22.1 Å². The quantitative estimate of drug-likeness (QED) is 0.538. The van der Waals surface area contributed by atoms with Crippen LogP contribution in [-0.4, -0.2) is 38.0 Å². The van der Waals surface area contributed by atoms with E-state index in [2.05, 4.69) is 20.1 Å². The van der Waals surface area contributed by atoms with Crippen molar-refractivity contribution in [2.45, 2.75) is 25.2 Å². The summed E-state index contributed by atoms with van der Waals surface area (Å²) in [4.78, 5) is 23.7. The van der Waals surface area contributed by atoms with Crippen LogP contribution in [0.4, 0.5) is 22.0 Å². The summed E-state index contributed by atoms with van der Waals surface area (Å²) in [5.41, 5.74) is 2.21. The number of hydrogen-bond donors (Lipinski definition) is 1. The minimum Gasteiger partial charge on any atom is -0.369 e. The molecule has 0 spiro atoms. The summed E-state index contributed by atoms with van der Waals surface area (Å²) in [5, 5.41) is 3.38. The summed E-state index contributed by atoms with van der Waals surface area (Å²) in [6.07, 6.45) is -5.01. The Kier molecular flexibility index (Phi) is 5.36. The SMILES string of the molecule is C[C@@H]1N=C(c2c(F)cccc2F)c2c(cnc(C(F)(F)F)c2Cl)-n2nc(C3OCC3C(N)=O)nc21. The van der Waals surface area contributed by atoms with Crippen LogP contribution in [0, 0.1) is 17.6 Å². The number of rotatable bonds is 3. The summed E-state index contributed by atoms with van der Waals surface area (Å²) >= 11 is 6.16. The van der Waals surface area contributed by atoms with Crippen molar-refractivity contribution in [3.05, 3.63) is 69.5 Å². The molecule has 3 aromatic rings. The highest BCUT2D eigenvalue weighted by molar-refractivity contribution is 6.37. The highest BCUT2D eigenvalue weighted by atomic mass is 35.5. The van der Waals surface area contributed by atoms with E-state index in [-0.39, 0.29) is 23.9 Å². The fraction of sp³-hybridized carbons (Fsp3) is 0.286. The van der Waals surface area contributed by atoms with Crippen molar-refractivity contribution in [2.75, 3.05) is 6.61 Å². The normalized spacial score (nSPS) is 21.5. The highest BCUT2D eigenvalue weighted by Crippen LogP contribution is 2.41. The van der Waals surface area contributed by atoms with Gasteiger partial charge in [0.2, 0.25) is 5.91 Å². The molecule has 182 valence electrons. The average molecular weight is 513 g/mol. The second-order valence-electron chi connectivity index (χ2n) is 7.93. The van der Waals surface area contributed by atoms with Crippen LogP contribution in [0.1, 0.15) is 47.5 Å². The standard InChI is InChI=1S/C21H14ClF5N6O2/c1-7-20-31-19(16-8(6-35-16)18(28)34)32-33(20)11-5-29-17(21(25,26)27)14(22)13(11)15(30-7)12-9(23)3-2-4-10(12)24/h2-5,7-8,16H,6H2,1H3,(H2,28,34)/t7-,8?,16?/m0/s1. The Morgan fingerprint density at radius 2 is 1.91 bits per heavy atom. The molecule has 0 radical (unpaired) electrons.